The van der Waals surface area contributed by atoms with Crippen molar-refractivity contribution in [1.29, 1.82) is 0 Å². The summed E-state index contributed by atoms with van der Waals surface area (Å²) in [5.74, 6) is -0.388. The molecule has 0 saturated heterocycles. The normalized spacial score (nSPS) is 13.0. The average Bonchev–Trinajstić information content (AvgIpc) is 2.66. The third-order valence-corrected chi connectivity index (χ3v) is 2.36. The molecular weight excluding hydrogens is 208 g/mol. The van der Waals surface area contributed by atoms with Crippen LogP contribution in [-0.2, 0) is 0 Å². The van der Waals surface area contributed by atoms with Gasteiger partial charge in [0.1, 0.15) is 0 Å². The van der Waals surface area contributed by atoms with Crippen molar-refractivity contribution in [3.8, 4) is 0 Å². The largest absolute Gasteiger partial charge is 0.476 e. The zero-order valence-corrected chi connectivity index (χ0v) is 9.86. The molecule has 0 radical (unpaired) electrons. The number of hydrogen-bond donors (Lipinski definition) is 2. The minimum atomic E-state index is -1.05. The predicted molar refractivity (Wildman–Crippen MR) is 59.3 cm³/mol. The maximum absolute atomic E-state index is 10.9. The van der Waals surface area contributed by atoms with Crippen LogP contribution in [0, 0.1) is 5.92 Å². The molecule has 1 aromatic heterocycles. The highest BCUT2D eigenvalue weighted by Gasteiger charge is 2.25. The standard InChI is InChI=1S/C11H18N2O3/c1-4-5-12-8(7(2)3)10-9(11(14)15)13-6-16-10/h6-8,12H,4-5H2,1-3H3,(H,14,15). The number of oxazole rings is 1. The van der Waals surface area contributed by atoms with E-state index in [0.29, 0.717) is 5.76 Å². The molecule has 90 valence electrons. The van der Waals surface area contributed by atoms with Crippen LogP contribution in [0.5, 0.6) is 0 Å². The number of carboxylic acid groups (broad SMARTS) is 1. The Morgan fingerprint density at radius 1 is 1.62 bits per heavy atom. The van der Waals surface area contributed by atoms with Crippen molar-refractivity contribution >= 4 is 5.97 Å². The maximum Gasteiger partial charge on any atom is 0.358 e. The fourth-order valence-electron chi connectivity index (χ4n) is 1.57. The summed E-state index contributed by atoms with van der Waals surface area (Å²) in [7, 11) is 0. The predicted octanol–water partition coefficient (Wildman–Crippen LogP) is 2.07. The Morgan fingerprint density at radius 2 is 2.31 bits per heavy atom. The molecule has 1 rings (SSSR count). The van der Waals surface area contributed by atoms with Crippen molar-refractivity contribution in [1.82, 2.24) is 10.3 Å². The monoisotopic (exact) mass is 226 g/mol. The van der Waals surface area contributed by atoms with Gasteiger partial charge >= 0.3 is 5.97 Å². The molecule has 16 heavy (non-hydrogen) atoms. The molecule has 1 aromatic rings. The van der Waals surface area contributed by atoms with Crippen LogP contribution in [0.3, 0.4) is 0 Å². The van der Waals surface area contributed by atoms with E-state index in [0.717, 1.165) is 13.0 Å². The van der Waals surface area contributed by atoms with E-state index in [-0.39, 0.29) is 17.7 Å². The van der Waals surface area contributed by atoms with Crippen molar-refractivity contribution in [2.45, 2.75) is 33.2 Å². The first-order valence-corrected chi connectivity index (χ1v) is 5.48. The minimum Gasteiger partial charge on any atom is -0.476 e. The Kier molecular flexibility index (Phi) is 4.49. The molecule has 0 spiro atoms. The Hall–Kier alpha value is -1.36. The molecule has 0 saturated carbocycles. The molecule has 0 aliphatic carbocycles. The highest BCUT2D eigenvalue weighted by molar-refractivity contribution is 5.86. The smallest absolute Gasteiger partial charge is 0.358 e. The second-order valence-corrected chi connectivity index (χ2v) is 4.05. The van der Waals surface area contributed by atoms with Crippen molar-refractivity contribution in [3.05, 3.63) is 17.8 Å². The molecule has 1 unspecified atom stereocenters. The van der Waals surface area contributed by atoms with E-state index in [4.69, 9.17) is 9.52 Å². The van der Waals surface area contributed by atoms with Gasteiger partial charge in [-0.25, -0.2) is 9.78 Å². The van der Waals surface area contributed by atoms with Gasteiger partial charge in [0.15, 0.2) is 17.8 Å². The second kappa shape index (κ2) is 5.65. The molecule has 0 aromatic carbocycles. The van der Waals surface area contributed by atoms with Crippen molar-refractivity contribution < 1.29 is 14.3 Å². The van der Waals surface area contributed by atoms with Crippen molar-refractivity contribution in [2.24, 2.45) is 5.92 Å². The Balaban J connectivity index is 2.92. The summed E-state index contributed by atoms with van der Waals surface area (Å²) in [6.07, 6.45) is 2.17. The first kappa shape index (κ1) is 12.7. The number of aromatic nitrogens is 1. The summed E-state index contributed by atoms with van der Waals surface area (Å²) in [6.45, 7) is 6.91. The van der Waals surface area contributed by atoms with Crippen LogP contribution in [-0.4, -0.2) is 22.6 Å². The number of rotatable bonds is 6. The van der Waals surface area contributed by atoms with Crippen molar-refractivity contribution in [2.75, 3.05) is 6.54 Å². The van der Waals surface area contributed by atoms with Gasteiger partial charge < -0.3 is 14.8 Å². The number of hydrogen-bond acceptors (Lipinski definition) is 4. The fraction of sp³-hybridized carbons (Fsp3) is 0.636. The summed E-state index contributed by atoms with van der Waals surface area (Å²) in [5, 5.41) is 12.2. The number of nitrogens with one attached hydrogen (secondary N) is 1. The number of aromatic carboxylic acids is 1. The molecular formula is C11H18N2O3. The lowest BCUT2D eigenvalue weighted by molar-refractivity contribution is 0.0687. The Morgan fingerprint density at radius 3 is 2.81 bits per heavy atom. The molecule has 0 aliphatic heterocycles. The summed E-state index contributed by atoms with van der Waals surface area (Å²) in [4.78, 5) is 14.7. The van der Waals surface area contributed by atoms with Crippen LogP contribution in [0.15, 0.2) is 10.8 Å². The SMILES string of the molecule is CCCNC(c1ocnc1C(=O)O)C(C)C. The van der Waals surface area contributed by atoms with Gasteiger partial charge in [0.2, 0.25) is 0 Å². The van der Waals surface area contributed by atoms with Crippen LogP contribution in [0.4, 0.5) is 0 Å². The lowest BCUT2D eigenvalue weighted by atomic mass is 10.00. The van der Waals surface area contributed by atoms with E-state index in [1.165, 1.54) is 6.39 Å². The lowest BCUT2D eigenvalue weighted by Crippen LogP contribution is -2.27. The first-order valence-electron chi connectivity index (χ1n) is 5.48. The summed E-state index contributed by atoms with van der Waals surface area (Å²) < 4.78 is 5.19. The van der Waals surface area contributed by atoms with Gasteiger partial charge in [-0.3, -0.25) is 0 Å². The molecule has 0 amide bonds. The van der Waals surface area contributed by atoms with Gasteiger partial charge in [-0.1, -0.05) is 20.8 Å². The Labute approximate surface area is 94.9 Å². The third kappa shape index (κ3) is 2.82. The number of nitrogens with zero attached hydrogens (tertiary/aromatic N) is 1. The van der Waals surface area contributed by atoms with E-state index in [2.05, 4.69) is 17.2 Å². The molecule has 0 bridgehead atoms. The molecule has 2 N–H and O–H groups in total. The van der Waals surface area contributed by atoms with Gasteiger partial charge in [-0.05, 0) is 18.9 Å². The van der Waals surface area contributed by atoms with E-state index in [1.807, 2.05) is 13.8 Å². The van der Waals surface area contributed by atoms with Crippen LogP contribution in [0.2, 0.25) is 0 Å². The lowest BCUT2D eigenvalue weighted by Gasteiger charge is -2.20. The summed E-state index contributed by atoms with van der Waals surface area (Å²) in [5.41, 5.74) is 0.00213. The van der Waals surface area contributed by atoms with Gasteiger partial charge in [0.25, 0.3) is 0 Å². The summed E-state index contributed by atoms with van der Waals surface area (Å²) in [6, 6.07) is -0.103. The van der Waals surface area contributed by atoms with E-state index in [1.54, 1.807) is 0 Å². The topological polar surface area (TPSA) is 75.4 Å². The van der Waals surface area contributed by atoms with E-state index < -0.39 is 5.97 Å². The second-order valence-electron chi connectivity index (χ2n) is 4.05. The molecule has 0 aliphatic rings. The summed E-state index contributed by atoms with van der Waals surface area (Å²) >= 11 is 0. The van der Waals surface area contributed by atoms with Gasteiger partial charge in [0.05, 0.1) is 6.04 Å². The molecule has 5 heteroatoms. The van der Waals surface area contributed by atoms with Crippen LogP contribution in [0.25, 0.3) is 0 Å². The van der Waals surface area contributed by atoms with E-state index in [9.17, 15) is 4.79 Å². The quantitative estimate of drug-likeness (QED) is 0.776. The zero-order valence-electron chi connectivity index (χ0n) is 9.86. The highest BCUT2D eigenvalue weighted by Crippen LogP contribution is 2.24. The number of carbonyl (C=O) groups is 1. The van der Waals surface area contributed by atoms with Gasteiger partial charge in [0, 0.05) is 0 Å². The van der Waals surface area contributed by atoms with Gasteiger partial charge in [-0.2, -0.15) is 0 Å². The van der Waals surface area contributed by atoms with Crippen LogP contribution >= 0.6 is 0 Å². The minimum absolute atomic E-state index is 0.00213. The van der Waals surface area contributed by atoms with Crippen molar-refractivity contribution in [3.63, 3.8) is 0 Å². The van der Waals surface area contributed by atoms with Crippen LogP contribution < -0.4 is 5.32 Å². The highest BCUT2D eigenvalue weighted by atomic mass is 16.4. The van der Waals surface area contributed by atoms with E-state index >= 15 is 0 Å². The third-order valence-electron chi connectivity index (χ3n) is 2.36. The molecule has 0 fully saturated rings. The fourth-order valence-corrected chi connectivity index (χ4v) is 1.57. The average molecular weight is 226 g/mol. The first-order chi connectivity index (χ1) is 7.57. The molecule has 1 atom stereocenters. The van der Waals surface area contributed by atoms with Gasteiger partial charge in [-0.15, -0.1) is 0 Å². The van der Waals surface area contributed by atoms with Crippen LogP contribution in [0.1, 0.15) is 49.5 Å². The zero-order chi connectivity index (χ0) is 12.1. The Bertz CT molecular complexity index is 347. The molecule has 5 nitrogen and oxygen atoms in total. The maximum atomic E-state index is 10.9. The number of carboxylic acids is 1. The molecule has 1 heterocycles.